The van der Waals surface area contributed by atoms with Gasteiger partial charge in [-0.15, -0.1) is 23.1 Å². The number of aryl methyl sites for hydroxylation is 2. The molecule has 0 aromatic carbocycles. The molecule has 2 aromatic rings. The van der Waals surface area contributed by atoms with Gasteiger partial charge in [0.15, 0.2) is 5.78 Å². The monoisotopic (exact) mass is 266 g/mol. The molecule has 2 rings (SSSR count). The molecule has 0 radical (unpaired) electrons. The summed E-state index contributed by atoms with van der Waals surface area (Å²) in [4.78, 5) is 14.3. The minimum absolute atomic E-state index is 0.211. The number of rotatable bonds is 5. The maximum atomic E-state index is 12.0. The first-order chi connectivity index (χ1) is 8.16. The Morgan fingerprint density at radius 1 is 1.47 bits per heavy atom. The second-order valence-electron chi connectivity index (χ2n) is 3.82. The molecule has 4 heteroatoms. The minimum atomic E-state index is 0.211. The number of ketones is 1. The van der Waals surface area contributed by atoms with Gasteiger partial charge >= 0.3 is 0 Å². The number of furan rings is 1. The van der Waals surface area contributed by atoms with Gasteiger partial charge in [0.2, 0.25) is 0 Å². The van der Waals surface area contributed by atoms with Crippen molar-refractivity contribution in [3.05, 3.63) is 45.5 Å². The lowest BCUT2D eigenvalue weighted by molar-refractivity contribution is 0.102. The van der Waals surface area contributed by atoms with Crippen molar-refractivity contribution >= 4 is 28.9 Å². The lowest BCUT2D eigenvalue weighted by Gasteiger charge is -1.99. The molecule has 0 amide bonds. The van der Waals surface area contributed by atoms with Crippen molar-refractivity contribution in [2.75, 3.05) is 5.75 Å². The van der Waals surface area contributed by atoms with Gasteiger partial charge < -0.3 is 4.42 Å². The van der Waals surface area contributed by atoms with Crippen molar-refractivity contribution in [1.29, 1.82) is 0 Å². The zero-order chi connectivity index (χ0) is 12.3. The maximum Gasteiger partial charge on any atom is 0.173 e. The van der Waals surface area contributed by atoms with Crippen LogP contribution in [0.3, 0.4) is 0 Å². The minimum Gasteiger partial charge on any atom is -0.468 e. The molecule has 0 bridgehead atoms. The summed E-state index contributed by atoms with van der Waals surface area (Å²) in [6, 6.07) is 5.78. The first-order valence-corrected chi connectivity index (χ1v) is 7.34. The topological polar surface area (TPSA) is 30.2 Å². The van der Waals surface area contributed by atoms with E-state index in [-0.39, 0.29) is 5.78 Å². The average molecular weight is 266 g/mol. The molecule has 0 atom stereocenters. The molecular weight excluding hydrogens is 252 g/mol. The predicted octanol–water partition coefficient (Wildman–Crippen LogP) is 4.07. The Balaban J connectivity index is 1.87. The molecule has 2 heterocycles. The van der Waals surface area contributed by atoms with Gasteiger partial charge in [0, 0.05) is 15.3 Å². The SMILES string of the molecule is Cc1cc(C(=O)CSCc2ccco2)c(C)s1. The Labute approximate surface area is 109 Å². The summed E-state index contributed by atoms with van der Waals surface area (Å²) in [5.74, 6) is 2.39. The number of carbonyl (C=O) groups excluding carboxylic acids is 1. The van der Waals surface area contributed by atoms with Crippen LogP contribution in [-0.2, 0) is 5.75 Å². The van der Waals surface area contributed by atoms with Crippen LogP contribution in [-0.4, -0.2) is 11.5 Å². The van der Waals surface area contributed by atoms with E-state index in [1.807, 2.05) is 32.0 Å². The van der Waals surface area contributed by atoms with Gasteiger partial charge in [-0.25, -0.2) is 0 Å². The van der Waals surface area contributed by atoms with E-state index in [1.54, 1.807) is 29.4 Å². The molecule has 2 nitrogen and oxygen atoms in total. The zero-order valence-corrected chi connectivity index (χ0v) is 11.5. The standard InChI is InChI=1S/C13H14O2S2/c1-9-6-12(10(2)17-9)13(14)8-16-7-11-4-3-5-15-11/h3-6H,7-8H2,1-2H3. The molecule has 0 aliphatic heterocycles. The highest BCUT2D eigenvalue weighted by molar-refractivity contribution is 7.99. The number of hydrogen-bond acceptors (Lipinski definition) is 4. The van der Waals surface area contributed by atoms with E-state index in [1.165, 1.54) is 4.88 Å². The van der Waals surface area contributed by atoms with E-state index in [2.05, 4.69) is 0 Å². The molecule has 0 N–H and O–H groups in total. The Morgan fingerprint density at radius 3 is 2.88 bits per heavy atom. The highest BCUT2D eigenvalue weighted by atomic mass is 32.2. The number of thioether (sulfide) groups is 1. The van der Waals surface area contributed by atoms with Crippen molar-refractivity contribution in [2.24, 2.45) is 0 Å². The molecule has 0 saturated heterocycles. The zero-order valence-electron chi connectivity index (χ0n) is 9.86. The third-order valence-electron chi connectivity index (χ3n) is 2.40. The van der Waals surface area contributed by atoms with Crippen LogP contribution in [0.15, 0.2) is 28.9 Å². The van der Waals surface area contributed by atoms with Gasteiger partial charge in [0.05, 0.1) is 17.8 Å². The third-order valence-corrected chi connectivity index (χ3v) is 4.32. The van der Waals surface area contributed by atoms with Crippen LogP contribution in [0.25, 0.3) is 0 Å². The van der Waals surface area contributed by atoms with Gasteiger partial charge in [0.25, 0.3) is 0 Å². The summed E-state index contributed by atoms with van der Waals surface area (Å²) < 4.78 is 5.22. The molecule has 90 valence electrons. The highest BCUT2D eigenvalue weighted by Crippen LogP contribution is 2.23. The second-order valence-corrected chi connectivity index (χ2v) is 6.27. The summed E-state index contributed by atoms with van der Waals surface area (Å²) in [6.45, 7) is 4.03. The normalized spacial score (nSPS) is 10.7. The van der Waals surface area contributed by atoms with Crippen molar-refractivity contribution in [2.45, 2.75) is 19.6 Å². The maximum absolute atomic E-state index is 12.0. The van der Waals surface area contributed by atoms with Gasteiger partial charge in [-0.1, -0.05) is 0 Å². The van der Waals surface area contributed by atoms with Gasteiger partial charge in [-0.2, -0.15) is 0 Å². The van der Waals surface area contributed by atoms with E-state index in [9.17, 15) is 4.79 Å². The summed E-state index contributed by atoms with van der Waals surface area (Å²) in [5, 5.41) is 0. The smallest absolute Gasteiger partial charge is 0.173 e. The molecule has 0 aliphatic rings. The van der Waals surface area contributed by atoms with Gasteiger partial charge in [0.1, 0.15) is 5.76 Å². The fraction of sp³-hybridized carbons (Fsp3) is 0.308. The van der Waals surface area contributed by atoms with Crippen molar-refractivity contribution in [1.82, 2.24) is 0 Å². The van der Waals surface area contributed by atoms with Crippen LogP contribution in [0.4, 0.5) is 0 Å². The van der Waals surface area contributed by atoms with E-state index in [4.69, 9.17) is 4.42 Å². The Kier molecular flexibility index (Phi) is 4.07. The van der Waals surface area contributed by atoms with Gasteiger partial charge in [-0.3, -0.25) is 4.79 Å². The predicted molar refractivity (Wildman–Crippen MR) is 73.0 cm³/mol. The van der Waals surface area contributed by atoms with Crippen molar-refractivity contribution in [3.63, 3.8) is 0 Å². The first-order valence-electron chi connectivity index (χ1n) is 5.37. The summed E-state index contributed by atoms with van der Waals surface area (Å²) in [6.07, 6.45) is 1.66. The van der Waals surface area contributed by atoms with E-state index in [0.717, 1.165) is 22.0 Å². The Hall–Kier alpha value is -1.00. The fourth-order valence-corrected chi connectivity index (χ4v) is 3.38. The van der Waals surface area contributed by atoms with Crippen LogP contribution >= 0.6 is 23.1 Å². The molecule has 0 aliphatic carbocycles. The Morgan fingerprint density at radius 2 is 2.29 bits per heavy atom. The van der Waals surface area contributed by atoms with E-state index < -0.39 is 0 Å². The molecule has 17 heavy (non-hydrogen) atoms. The summed E-state index contributed by atoms with van der Waals surface area (Å²) >= 11 is 3.27. The number of Topliss-reactive ketones (excluding diaryl/α,β-unsaturated/α-hetero) is 1. The van der Waals surface area contributed by atoms with Crippen LogP contribution in [0.1, 0.15) is 25.9 Å². The largest absolute Gasteiger partial charge is 0.468 e. The number of carbonyl (C=O) groups is 1. The lowest BCUT2D eigenvalue weighted by atomic mass is 10.2. The Bertz CT molecular complexity index is 497. The van der Waals surface area contributed by atoms with E-state index in [0.29, 0.717) is 5.75 Å². The van der Waals surface area contributed by atoms with Gasteiger partial charge in [-0.05, 0) is 32.0 Å². The highest BCUT2D eigenvalue weighted by Gasteiger charge is 2.12. The van der Waals surface area contributed by atoms with Crippen LogP contribution in [0, 0.1) is 13.8 Å². The molecule has 0 fully saturated rings. The second kappa shape index (κ2) is 5.56. The van der Waals surface area contributed by atoms with E-state index >= 15 is 0 Å². The molecule has 2 aromatic heterocycles. The fourth-order valence-electron chi connectivity index (χ4n) is 1.62. The quantitative estimate of drug-likeness (QED) is 0.764. The first kappa shape index (κ1) is 12.5. The van der Waals surface area contributed by atoms with Crippen LogP contribution in [0.2, 0.25) is 0 Å². The molecule has 0 saturated carbocycles. The average Bonchev–Trinajstić information content (AvgIpc) is 2.88. The third kappa shape index (κ3) is 3.23. The van der Waals surface area contributed by atoms with Crippen LogP contribution in [0.5, 0.6) is 0 Å². The number of thiophene rings is 1. The molecule has 0 spiro atoms. The van der Waals surface area contributed by atoms with Crippen molar-refractivity contribution in [3.8, 4) is 0 Å². The summed E-state index contributed by atoms with van der Waals surface area (Å²) in [7, 11) is 0. The van der Waals surface area contributed by atoms with Crippen molar-refractivity contribution < 1.29 is 9.21 Å². The number of hydrogen-bond donors (Lipinski definition) is 0. The summed E-state index contributed by atoms with van der Waals surface area (Å²) in [5.41, 5.74) is 0.874. The molecule has 0 unspecified atom stereocenters. The van der Waals surface area contributed by atoms with Crippen LogP contribution < -0.4 is 0 Å². The lowest BCUT2D eigenvalue weighted by Crippen LogP contribution is -2.02. The molecular formula is C13H14O2S2.